The van der Waals surface area contributed by atoms with E-state index in [1.807, 2.05) is 0 Å². The van der Waals surface area contributed by atoms with Crippen molar-refractivity contribution in [1.82, 2.24) is 5.06 Å². The Morgan fingerprint density at radius 2 is 1.91 bits per heavy atom. The van der Waals surface area contributed by atoms with E-state index in [1.165, 1.54) is 31.2 Å². The second kappa shape index (κ2) is 6.14. The Bertz CT molecular complexity index is 712. The summed E-state index contributed by atoms with van der Waals surface area (Å²) in [5.74, 6) is -2.19. The molecule has 0 saturated carbocycles. The summed E-state index contributed by atoms with van der Waals surface area (Å²) in [6.45, 7) is 1.48. The third-order valence-electron chi connectivity index (χ3n) is 2.93. The lowest BCUT2D eigenvalue weighted by Crippen LogP contribution is -2.32. The van der Waals surface area contributed by atoms with Crippen LogP contribution in [-0.4, -0.2) is 37.0 Å². The first kappa shape index (κ1) is 16.0. The molecule has 0 unspecified atom stereocenters. The predicted molar refractivity (Wildman–Crippen MR) is 76.0 cm³/mol. The molecular weight excluding hydrogens is 312 g/mol. The molecular formula is C13H14N2O6S. The highest BCUT2D eigenvalue weighted by Crippen LogP contribution is 2.17. The van der Waals surface area contributed by atoms with Crippen molar-refractivity contribution in [3.8, 4) is 0 Å². The number of imide groups is 1. The summed E-state index contributed by atoms with van der Waals surface area (Å²) >= 11 is 0. The van der Waals surface area contributed by atoms with Gasteiger partial charge in [-0.15, -0.1) is 5.06 Å². The van der Waals surface area contributed by atoms with Gasteiger partial charge in [-0.1, -0.05) is 6.07 Å². The van der Waals surface area contributed by atoms with Gasteiger partial charge in [0.1, 0.15) is 0 Å². The lowest BCUT2D eigenvalue weighted by molar-refractivity contribution is -0.172. The van der Waals surface area contributed by atoms with Gasteiger partial charge in [0.2, 0.25) is 10.0 Å². The Kier molecular flexibility index (Phi) is 4.45. The molecule has 1 aliphatic rings. The molecule has 2 amide bonds. The molecule has 0 bridgehead atoms. The van der Waals surface area contributed by atoms with Crippen molar-refractivity contribution < 1.29 is 27.6 Å². The third-order valence-corrected chi connectivity index (χ3v) is 4.24. The fourth-order valence-corrected chi connectivity index (χ4v) is 2.39. The first-order chi connectivity index (χ1) is 10.3. The topological polar surface area (TPSA) is 110 Å². The van der Waals surface area contributed by atoms with E-state index in [0.29, 0.717) is 5.06 Å². The van der Waals surface area contributed by atoms with Crippen LogP contribution in [0.4, 0.5) is 5.69 Å². The van der Waals surface area contributed by atoms with Gasteiger partial charge < -0.3 is 4.84 Å². The summed E-state index contributed by atoms with van der Waals surface area (Å²) in [5.41, 5.74) is 0.208. The summed E-state index contributed by atoms with van der Waals surface area (Å²) in [5, 5.41) is 0.436. The zero-order valence-electron chi connectivity index (χ0n) is 11.7. The van der Waals surface area contributed by atoms with Crippen LogP contribution in [0.1, 0.15) is 30.1 Å². The Morgan fingerprint density at radius 1 is 1.27 bits per heavy atom. The fourth-order valence-electron chi connectivity index (χ4n) is 1.75. The van der Waals surface area contributed by atoms with Gasteiger partial charge in [0, 0.05) is 18.5 Å². The minimum atomic E-state index is -3.48. The number of amides is 2. The van der Waals surface area contributed by atoms with Crippen molar-refractivity contribution >= 4 is 33.5 Å². The maximum Gasteiger partial charge on any atom is 0.363 e. The Hall–Kier alpha value is -2.42. The minimum absolute atomic E-state index is 0.00243. The van der Waals surface area contributed by atoms with Gasteiger partial charge in [-0.2, -0.15) is 0 Å². The van der Waals surface area contributed by atoms with E-state index < -0.39 is 27.8 Å². The van der Waals surface area contributed by atoms with Gasteiger partial charge in [0.25, 0.3) is 11.8 Å². The van der Waals surface area contributed by atoms with Crippen LogP contribution in [0.15, 0.2) is 24.3 Å². The molecule has 0 aliphatic carbocycles. The number of rotatable bonds is 5. The number of carbonyl (C=O) groups excluding carboxylic acids is 3. The molecule has 2 rings (SSSR count). The number of anilines is 1. The van der Waals surface area contributed by atoms with E-state index in [4.69, 9.17) is 4.84 Å². The maximum absolute atomic E-state index is 11.9. The molecule has 0 atom stereocenters. The molecule has 22 heavy (non-hydrogen) atoms. The summed E-state index contributed by atoms with van der Waals surface area (Å²) in [7, 11) is -3.48. The van der Waals surface area contributed by atoms with Crippen LogP contribution in [0.2, 0.25) is 0 Å². The number of benzene rings is 1. The number of nitrogens with zero attached hydrogens (tertiary/aromatic N) is 1. The number of nitrogens with one attached hydrogen (secondary N) is 1. The zero-order valence-corrected chi connectivity index (χ0v) is 12.6. The number of hydroxylamine groups is 2. The smallest absolute Gasteiger partial charge is 0.325 e. The van der Waals surface area contributed by atoms with Crippen molar-refractivity contribution in [2.75, 3.05) is 10.5 Å². The first-order valence-corrected chi connectivity index (χ1v) is 8.16. The summed E-state index contributed by atoms with van der Waals surface area (Å²) < 4.78 is 25.3. The molecule has 0 radical (unpaired) electrons. The van der Waals surface area contributed by atoms with Crippen LogP contribution in [0.25, 0.3) is 0 Å². The van der Waals surface area contributed by atoms with Gasteiger partial charge in [-0.3, -0.25) is 14.3 Å². The van der Waals surface area contributed by atoms with Gasteiger partial charge in [-0.05, 0) is 25.1 Å². The van der Waals surface area contributed by atoms with E-state index in [0.717, 1.165) is 0 Å². The van der Waals surface area contributed by atoms with Crippen LogP contribution in [0.3, 0.4) is 0 Å². The fraction of sp³-hybridized carbons (Fsp3) is 0.308. The molecule has 1 aromatic carbocycles. The van der Waals surface area contributed by atoms with Crippen molar-refractivity contribution in [3.63, 3.8) is 0 Å². The van der Waals surface area contributed by atoms with Crippen molar-refractivity contribution in [2.45, 2.75) is 19.8 Å². The molecule has 1 heterocycles. The van der Waals surface area contributed by atoms with Crippen molar-refractivity contribution in [2.24, 2.45) is 0 Å². The lowest BCUT2D eigenvalue weighted by atomic mass is 10.2. The van der Waals surface area contributed by atoms with Crippen LogP contribution >= 0.6 is 0 Å². The molecule has 8 nitrogen and oxygen atoms in total. The predicted octanol–water partition coefficient (Wildman–Crippen LogP) is 0.669. The third kappa shape index (κ3) is 3.61. The number of carbonyl (C=O) groups is 3. The van der Waals surface area contributed by atoms with Crippen molar-refractivity contribution in [3.05, 3.63) is 29.8 Å². The minimum Gasteiger partial charge on any atom is -0.325 e. The summed E-state index contributed by atoms with van der Waals surface area (Å²) in [6, 6.07) is 5.57. The largest absolute Gasteiger partial charge is 0.363 e. The standard InChI is InChI=1S/C13H14N2O6S/c1-2-22(19,20)14-10-5-3-4-9(8-10)13(18)21-15-11(16)6-7-12(15)17/h3-5,8,14H,2,6-7H2,1H3. The van der Waals surface area contributed by atoms with Crippen LogP contribution < -0.4 is 4.72 Å². The van der Waals surface area contributed by atoms with E-state index in [-0.39, 0.29) is 29.8 Å². The number of hydrogen-bond acceptors (Lipinski definition) is 6. The Balaban J connectivity index is 2.14. The molecule has 1 saturated heterocycles. The zero-order chi connectivity index (χ0) is 16.3. The van der Waals surface area contributed by atoms with Crippen molar-refractivity contribution in [1.29, 1.82) is 0 Å². The Morgan fingerprint density at radius 3 is 2.50 bits per heavy atom. The number of sulfonamides is 1. The molecule has 9 heteroatoms. The molecule has 1 aromatic rings. The number of hydrogen-bond donors (Lipinski definition) is 1. The van der Waals surface area contributed by atoms with Crippen LogP contribution in [0, 0.1) is 0 Å². The SMILES string of the molecule is CCS(=O)(=O)Nc1cccc(C(=O)ON2C(=O)CCC2=O)c1. The van der Waals surface area contributed by atoms with Crippen LogP contribution in [0.5, 0.6) is 0 Å². The molecule has 0 spiro atoms. The van der Waals surface area contributed by atoms with E-state index in [2.05, 4.69) is 4.72 Å². The quantitative estimate of drug-likeness (QED) is 0.796. The molecule has 1 aliphatic heterocycles. The van der Waals surface area contributed by atoms with E-state index in [1.54, 1.807) is 0 Å². The highest BCUT2D eigenvalue weighted by atomic mass is 32.2. The summed E-state index contributed by atoms with van der Waals surface area (Å²) in [6.07, 6.45) is 0.00487. The van der Waals surface area contributed by atoms with E-state index >= 15 is 0 Å². The maximum atomic E-state index is 11.9. The van der Waals surface area contributed by atoms with Gasteiger partial charge in [0.05, 0.1) is 11.3 Å². The molecule has 0 aromatic heterocycles. The summed E-state index contributed by atoms with van der Waals surface area (Å²) in [4.78, 5) is 39.4. The first-order valence-electron chi connectivity index (χ1n) is 6.51. The average Bonchev–Trinajstić information content (AvgIpc) is 2.79. The Labute approximate surface area is 127 Å². The van der Waals surface area contributed by atoms with Crippen LogP contribution in [-0.2, 0) is 24.4 Å². The van der Waals surface area contributed by atoms with E-state index in [9.17, 15) is 22.8 Å². The van der Waals surface area contributed by atoms with Gasteiger partial charge in [-0.25, -0.2) is 13.2 Å². The highest BCUT2D eigenvalue weighted by Gasteiger charge is 2.33. The molecule has 1 N–H and O–H groups in total. The second-order valence-electron chi connectivity index (χ2n) is 4.55. The highest BCUT2D eigenvalue weighted by molar-refractivity contribution is 7.92. The normalized spacial score (nSPS) is 15.0. The van der Waals surface area contributed by atoms with Gasteiger partial charge >= 0.3 is 5.97 Å². The lowest BCUT2D eigenvalue weighted by Gasteiger charge is -2.13. The average molecular weight is 326 g/mol. The monoisotopic (exact) mass is 326 g/mol. The second-order valence-corrected chi connectivity index (χ2v) is 6.56. The molecule has 118 valence electrons. The molecule has 1 fully saturated rings. The van der Waals surface area contributed by atoms with Gasteiger partial charge in [0.15, 0.2) is 0 Å².